The summed E-state index contributed by atoms with van der Waals surface area (Å²) in [5.41, 5.74) is 3.82. The second-order valence-corrected chi connectivity index (χ2v) is 8.32. The van der Waals surface area contributed by atoms with E-state index in [1.807, 2.05) is 56.3 Å². The molecular formula is C26H29N3O4. The maximum atomic E-state index is 12.5. The molecule has 1 amide bonds. The van der Waals surface area contributed by atoms with Gasteiger partial charge in [-0.2, -0.15) is 0 Å². The number of hydrogen-bond acceptors (Lipinski definition) is 6. The number of piperazine rings is 1. The van der Waals surface area contributed by atoms with Crippen molar-refractivity contribution in [2.75, 3.05) is 43.0 Å². The average molecular weight is 448 g/mol. The van der Waals surface area contributed by atoms with Crippen LogP contribution in [0.5, 0.6) is 5.75 Å². The Bertz CT molecular complexity index is 1200. The van der Waals surface area contributed by atoms with Gasteiger partial charge >= 0.3 is 5.63 Å². The van der Waals surface area contributed by atoms with E-state index in [-0.39, 0.29) is 12.5 Å². The molecule has 172 valence electrons. The molecular weight excluding hydrogens is 418 g/mol. The molecule has 4 rings (SSSR count). The van der Waals surface area contributed by atoms with Gasteiger partial charge in [0.05, 0.1) is 0 Å². The fourth-order valence-corrected chi connectivity index (χ4v) is 3.83. The van der Waals surface area contributed by atoms with Crippen molar-refractivity contribution in [1.29, 1.82) is 0 Å². The Morgan fingerprint density at radius 3 is 2.55 bits per heavy atom. The van der Waals surface area contributed by atoms with E-state index in [2.05, 4.69) is 15.5 Å². The van der Waals surface area contributed by atoms with Crippen LogP contribution < -0.4 is 25.9 Å². The molecule has 1 aromatic heterocycles. The van der Waals surface area contributed by atoms with E-state index in [1.165, 1.54) is 6.07 Å². The van der Waals surface area contributed by atoms with Gasteiger partial charge in [-0.25, -0.2) is 4.79 Å². The first-order chi connectivity index (χ1) is 16.0. The molecule has 1 saturated heterocycles. The predicted octanol–water partition coefficient (Wildman–Crippen LogP) is 3.73. The number of nitrogens with one attached hydrogen (secondary N) is 2. The van der Waals surface area contributed by atoms with Crippen molar-refractivity contribution in [1.82, 2.24) is 5.32 Å². The summed E-state index contributed by atoms with van der Waals surface area (Å²) < 4.78 is 11.3. The lowest BCUT2D eigenvalue weighted by atomic mass is 10.1. The maximum Gasteiger partial charge on any atom is 0.336 e. The van der Waals surface area contributed by atoms with Crippen LogP contribution in [0.15, 0.2) is 69.4 Å². The van der Waals surface area contributed by atoms with Crippen LogP contribution in [-0.4, -0.2) is 38.7 Å². The predicted molar refractivity (Wildman–Crippen MR) is 131 cm³/mol. The van der Waals surface area contributed by atoms with Crippen molar-refractivity contribution in [3.8, 4) is 5.75 Å². The van der Waals surface area contributed by atoms with E-state index in [9.17, 15) is 9.59 Å². The minimum atomic E-state index is -0.417. The molecule has 7 heteroatoms. The molecule has 3 aromatic rings. The normalized spacial score (nSPS) is 13.6. The lowest BCUT2D eigenvalue weighted by Gasteiger charge is -2.29. The zero-order valence-corrected chi connectivity index (χ0v) is 19.0. The molecule has 0 saturated carbocycles. The van der Waals surface area contributed by atoms with Gasteiger partial charge in [-0.3, -0.25) is 4.79 Å². The summed E-state index contributed by atoms with van der Waals surface area (Å²) in [7, 11) is 0. The highest BCUT2D eigenvalue weighted by atomic mass is 16.5. The Balaban J connectivity index is 1.44. The zero-order chi connectivity index (χ0) is 23.2. The maximum absolute atomic E-state index is 12.5. The second-order valence-electron chi connectivity index (χ2n) is 8.32. The van der Waals surface area contributed by atoms with Gasteiger partial charge in [-0.1, -0.05) is 11.6 Å². The van der Waals surface area contributed by atoms with Crippen molar-refractivity contribution in [2.24, 2.45) is 0 Å². The van der Waals surface area contributed by atoms with E-state index >= 15 is 0 Å². The van der Waals surface area contributed by atoms with E-state index < -0.39 is 5.63 Å². The standard InChI is InChI=1S/C26H29N3O4/c1-18(2)3-10-22-23(11-4-19-5-12-25(31)33-26(19)22)32-17-24(30)28-20-6-8-21(9-7-20)29-15-13-27-14-16-29/h3-9,11-12,27H,10,13-17H2,1-2H3,(H,28,30). The van der Waals surface area contributed by atoms with Crippen LogP contribution in [0.3, 0.4) is 0 Å². The van der Waals surface area contributed by atoms with Gasteiger partial charge < -0.3 is 24.7 Å². The van der Waals surface area contributed by atoms with E-state index in [1.54, 1.807) is 6.07 Å². The van der Waals surface area contributed by atoms with Gasteiger partial charge in [0.2, 0.25) is 0 Å². The minimum Gasteiger partial charge on any atom is -0.483 e. The number of ether oxygens (including phenoxy) is 1. The number of rotatable bonds is 7. The molecule has 0 aliphatic carbocycles. The Morgan fingerprint density at radius 1 is 1.09 bits per heavy atom. The molecule has 2 N–H and O–H groups in total. The number of benzene rings is 2. The molecule has 33 heavy (non-hydrogen) atoms. The van der Waals surface area contributed by atoms with Crippen LogP contribution in [0.1, 0.15) is 19.4 Å². The Labute approximate surface area is 193 Å². The number of carbonyl (C=O) groups is 1. The fraction of sp³-hybridized carbons (Fsp3) is 0.308. The summed E-state index contributed by atoms with van der Waals surface area (Å²) in [6.45, 7) is 7.75. The highest BCUT2D eigenvalue weighted by Gasteiger charge is 2.14. The van der Waals surface area contributed by atoms with Crippen LogP contribution in [-0.2, 0) is 11.2 Å². The van der Waals surface area contributed by atoms with E-state index in [0.717, 1.165) is 54.1 Å². The first kappa shape index (κ1) is 22.6. The lowest BCUT2D eigenvalue weighted by molar-refractivity contribution is -0.118. The first-order valence-corrected chi connectivity index (χ1v) is 11.2. The van der Waals surface area contributed by atoms with Gasteiger partial charge in [0, 0.05) is 54.6 Å². The summed E-state index contributed by atoms with van der Waals surface area (Å²) in [5, 5.41) is 7.03. The van der Waals surface area contributed by atoms with Gasteiger partial charge in [0.1, 0.15) is 11.3 Å². The second kappa shape index (κ2) is 10.4. The third-order valence-electron chi connectivity index (χ3n) is 5.56. The summed E-state index contributed by atoms with van der Waals surface area (Å²) in [6, 6.07) is 14.6. The number of nitrogens with zero attached hydrogens (tertiary/aromatic N) is 1. The molecule has 0 spiro atoms. The minimum absolute atomic E-state index is 0.149. The summed E-state index contributed by atoms with van der Waals surface area (Å²) in [6.07, 6.45) is 2.58. The van der Waals surface area contributed by atoms with Crippen LogP contribution >= 0.6 is 0 Å². The van der Waals surface area contributed by atoms with Crippen LogP contribution in [0.25, 0.3) is 11.0 Å². The number of amides is 1. The Kier molecular flexibility index (Phi) is 7.10. The van der Waals surface area contributed by atoms with Crippen molar-refractivity contribution >= 4 is 28.3 Å². The largest absolute Gasteiger partial charge is 0.483 e. The number of fused-ring (bicyclic) bond motifs is 1. The Morgan fingerprint density at radius 2 is 1.82 bits per heavy atom. The molecule has 1 aliphatic rings. The van der Waals surface area contributed by atoms with Gasteiger partial charge in [0.15, 0.2) is 6.61 Å². The van der Waals surface area contributed by atoms with Crippen molar-refractivity contribution in [3.63, 3.8) is 0 Å². The van der Waals surface area contributed by atoms with Gasteiger partial charge in [-0.05, 0) is 62.7 Å². The molecule has 0 bridgehead atoms. The molecule has 1 aliphatic heterocycles. The van der Waals surface area contributed by atoms with Crippen LogP contribution in [0, 0.1) is 0 Å². The van der Waals surface area contributed by atoms with Crippen molar-refractivity contribution < 1.29 is 13.9 Å². The van der Waals surface area contributed by atoms with Gasteiger partial charge in [-0.15, -0.1) is 0 Å². The van der Waals surface area contributed by atoms with Crippen molar-refractivity contribution in [2.45, 2.75) is 20.3 Å². The SMILES string of the molecule is CC(C)=CCc1c(OCC(=O)Nc2ccc(N3CCNCC3)cc2)ccc2ccc(=O)oc12. The molecule has 2 aromatic carbocycles. The highest BCUT2D eigenvalue weighted by Crippen LogP contribution is 2.28. The molecule has 2 heterocycles. The molecule has 0 unspecified atom stereocenters. The monoisotopic (exact) mass is 447 g/mol. The first-order valence-electron chi connectivity index (χ1n) is 11.2. The summed E-state index contributed by atoms with van der Waals surface area (Å²) in [4.78, 5) is 26.6. The topological polar surface area (TPSA) is 83.8 Å². The summed E-state index contributed by atoms with van der Waals surface area (Å²) in [5.74, 6) is 0.270. The smallest absolute Gasteiger partial charge is 0.336 e. The molecule has 0 radical (unpaired) electrons. The van der Waals surface area contributed by atoms with Crippen LogP contribution in [0.2, 0.25) is 0 Å². The van der Waals surface area contributed by atoms with Crippen LogP contribution in [0.4, 0.5) is 11.4 Å². The number of carbonyl (C=O) groups excluding carboxylic acids is 1. The third kappa shape index (κ3) is 5.81. The van der Waals surface area contributed by atoms with E-state index in [0.29, 0.717) is 17.8 Å². The quantitative estimate of drug-likeness (QED) is 0.424. The molecule has 0 atom stereocenters. The molecule has 7 nitrogen and oxygen atoms in total. The Hall–Kier alpha value is -3.58. The number of anilines is 2. The van der Waals surface area contributed by atoms with Crippen molar-refractivity contribution in [3.05, 3.63) is 76.2 Å². The number of allylic oxidation sites excluding steroid dienone is 2. The lowest BCUT2D eigenvalue weighted by Crippen LogP contribution is -2.43. The average Bonchev–Trinajstić information content (AvgIpc) is 2.82. The summed E-state index contributed by atoms with van der Waals surface area (Å²) >= 11 is 0. The van der Waals surface area contributed by atoms with E-state index in [4.69, 9.17) is 9.15 Å². The third-order valence-corrected chi connectivity index (χ3v) is 5.56. The molecule has 1 fully saturated rings. The zero-order valence-electron chi connectivity index (χ0n) is 19.0. The van der Waals surface area contributed by atoms with Gasteiger partial charge in [0.25, 0.3) is 5.91 Å². The fourth-order valence-electron chi connectivity index (χ4n) is 3.83. The highest BCUT2D eigenvalue weighted by molar-refractivity contribution is 5.92. The number of hydrogen-bond donors (Lipinski definition) is 2.